The maximum Gasteiger partial charge on any atom is 0.221 e. The van der Waals surface area contributed by atoms with Gasteiger partial charge in [0.2, 0.25) is 5.91 Å². The molecule has 0 aliphatic rings. The van der Waals surface area contributed by atoms with Gasteiger partial charge in [-0.1, -0.05) is 13.0 Å². The quantitative estimate of drug-likeness (QED) is 0.799. The minimum atomic E-state index is -0.350. The summed E-state index contributed by atoms with van der Waals surface area (Å²) < 4.78 is 15.7. The molecule has 0 aliphatic heterocycles. The number of aryl methyl sites for hydroxylation is 2. The molecular weight excluding hydrogens is 293 g/mol. The highest BCUT2D eigenvalue weighted by Gasteiger charge is 2.14. The third-order valence-corrected chi connectivity index (χ3v) is 3.45. The molecule has 1 aromatic heterocycles. The summed E-state index contributed by atoms with van der Waals surface area (Å²) in [6.07, 6.45) is 1.80. The van der Waals surface area contributed by atoms with Gasteiger partial charge in [-0.25, -0.2) is 9.37 Å². The highest BCUT2D eigenvalue weighted by molar-refractivity contribution is 6.17. The summed E-state index contributed by atoms with van der Waals surface area (Å²) in [7, 11) is 0. The van der Waals surface area contributed by atoms with Crippen LogP contribution in [0.5, 0.6) is 0 Å². The fraction of sp³-hybridized carbons (Fsp3) is 0.467. The summed E-state index contributed by atoms with van der Waals surface area (Å²) in [6.45, 7) is 3.15. The van der Waals surface area contributed by atoms with E-state index in [1.165, 1.54) is 6.07 Å². The lowest BCUT2D eigenvalue weighted by Crippen LogP contribution is -2.25. The van der Waals surface area contributed by atoms with Gasteiger partial charge in [0.05, 0.1) is 5.52 Å². The maximum absolute atomic E-state index is 13.8. The van der Waals surface area contributed by atoms with Gasteiger partial charge < -0.3 is 9.88 Å². The highest BCUT2D eigenvalue weighted by atomic mass is 35.5. The first-order valence-corrected chi connectivity index (χ1v) is 7.67. The topological polar surface area (TPSA) is 46.9 Å². The van der Waals surface area contributed by atoms with Gasteiger partial charge in [-0.15, -0.1) is 11.6 Å². The van der Waals surface area contributed by atoms with Gasteiger partial charge in [0, 0.05) is 31.8 Å². The second kappa shape index (κ2) is 7.41. The number of hydrogen-bond acceptors (Lipinski definition) is 2. The normalized spacial score (nSPS) is 11.0. The Hall–Kier alpha value is -1.62. The second-order valence-corrected chi connectivity index (χ2v) is 5.20. The number of hydrogen-bond donors (Lipinski definition) is 1. The molecule has 0 radical (unpaired) electrons. The van der Waals surface area contributed by atoms with E-state index < -0.39 is 0 Å². The van der Waals surface area contributed by atoms with E-state index in [2.05, 4.69) is 10.3 Å². The molecule has 21 heavy (non-hydrogen) atoms. The second-order valence-electron chi connectivity index (χ2n) is 4.83. The summed E-state index contributed by atoms with van der Waals surface area (Å²) in [6, 6.07) is 4.85. The van der Waals surface area contributed by atoms with Crippen LogP contribution in [-0.4, -0.2) is 27.9 Å². The Morgan fingerprint density at radius 2 is 2.29 bits per heavy atom. The molecule has 6 heteroatoms. The van der Waals surface area contributed by atoms with Crippen molar-refractivity contribution in [3.8, 4) is 0 Å². The van der Waals surface area contributed by atoms with Crippen LogP contribution >= 0.6 is 11.6 Å². The summed E-state index contributed by atoms with van der Waals surface area (Å²) in [5, 5.41) is 2.83. The number of benzene rings is 1. The number of para-hydroxylation sites is 1. The number of aromatic nitrogens is 2. The van der Waals surface area contributed by atoms with E-state index in [0.29, 0.717) is 48.7 Å². The van der Waals surface area contributed by atoms with Crippen molar-refractivity contribution in [2.45, 2.75) is 32.7 Å². The highest BCUT2D eigenvalue weighted by Crippen LogP contribution is 2.20. The van der Waals surface area contributed by atoms with E-state index in [1.807, 2.05) is 17.6 Å². The average Bonchev–Trinajstić information content (AvgIpc) is 2.82. The van der Waals surface area contributed by atoms with Crippen molar-refractivity contribution in [1.82, 2.24) is 14.9 Å². The SMILES string of the molecule is CCCNC(=O)CCn1c(CCCl)nc2c(F)cccc21. The number of halogens is 2. The average molecular weight is 312 g/mol. The first-order valence-electron chi connectivity index (χ1n) is 7.13. The number of fused-ring (bicyclic) bond motifs is 1. The van der Waals surface area contributed by atoms with Crippen LogP contribution in [0.4, 0.5) is 4.39 Å². The maximum atomic E-state index is 13.8. The molecule has 4 nitrogen and oxygen atoms in total. The minimum absolute atomic E-state index is 0.00748. The number of nitrogens with zero attached hydrogens (tertiary/aromatic N) is 2. The number of amides is 1. The lowest BCUT2D eigenvalue weighted by atomic mass is 10.3. The van der Waals surface area contributed by atoms with E-state index in [4.69, 9.17) is 11.6 Å². The van der Waals surface area contributed by atoms with Crippen LogP contribution in [-0.2, 0) is 17.8 Å². The molecule has 0 bridgehead atoms. The molecule has 1 N–H and O–H groups in total. The van der Waals surface area contributed by atoms with Gasteiger partial charge >= 0.3 is 0 Å². The van der Waals surface area contributed by atoms with Gasteiger partial charge in [0.25, 0.3) is 0 Å². The van der Waals surface area contributed by atoms with E-state index >= 15 is 0 Å². The van der Waals surface area contributed by atoms with E-state index in [-0.39, 0.29) is 11.7 Å². The van der Waals surface area contributed by atoms with E-state index in [1.54, 1.807) is 6.07 Å². The van der Waals surface area contributed by atoms with Crippen LogP contribution in [0.1, 0.15) is 25.6 Å². The molecule has 0 atom stereocenters. The van der Waals surface area contributed by atoms with Crippen molar-refractivity contribution in [2.24, 2.45) is 0 Å². The van der Waals surface area contributed by atoms with E-state index in [0.717, 1.165) is 6.42 Å². The molecule has 0 saturated heterocycles. The van der Waals surface area contributed by atoms with Crippen LogP contribution in [0.3, 0.4) is 0 Å². The van der Waals surface area contributed by atoms with Crippen molar-refractivity contribution in [3.63, 3.8) is 0 Å². The van der Waals surface area contributed by atoms with Gasteiger partial charge in [-0.3, -0.25) is 4.79 Å². The number of imidazole rings is 1. The largest absolute Gasteiger partial charge is 0.356 e. The molecule has 2 aromatic rings. The first kappa shape index (κ1) is 15.8. The molecule has 0 unspecified atom stereocenters. The number of carbonyl (C=O) groups is 1. The number of alkyl halides is 1. The molecule has 0 saturated carbocycles. The van der Waals surface area contributed by atoms with Crippen LogP contribution in [0.15, 0.2) is 18.2 Å². The van der Waals surface area contributed by atoms with Crippen molar-refractivity contribution < 1.29 is 9.18 Å². The molecule has 2 rings (SSSR count). The molecule has 114 valence electrons. The summed E-state index contributed by atoms with van der Waals surface area (Å²) in [5.41, 5.74) is 1.05. The third kappa shape index (κ3) is 3.73. The number of carbonyl (C=O) groups excluding carboxylic acids is 1. The van der Waals surface area contributed by atoms with Crippen LogP contribution < -0.4 is 5.32 Å². The number of nitrogens with one attached hydrogen (secondary N) is 1. The lowest BCUT2D eigenvalue weighted by molar-refractivity contribution is -0.121. The molecule has 0 fully saturated rings. The predicted octanol–water partition coefficient (Wildman–Crippen LogP) is 2.87. The molecular formula is C15H19ClFN3O. The first-order chi connectivity index (χ1) is 10.2. The summed E-state index contributed by atoms with van der Waals surface area (Å²) >= 11 is 5.78. The molecule has 0 spiro atoms. The van der Waals surface area contributed by atoms with Crippen LogP contribution in [0, 0.1) is 5.82 Å². The minimum Gasteiger partial charge on any atom is -0.356 e. The molecule has 1 aromatic carbocycles. The third-order valence-electron chi connectivity index (χ3n) is 3.26. The Balaban J connectivity index is 2.22. The molecule has 1 heterocycles. The predicted molar refractivity (Wildman–Crippen MR) is 82.0 cm³/mol. The summed E-state index contributed by atoms with van der Waals surface area (Å²) in [5.74, 6) is 0.769. The lowest BCUT2D eigenvalue weighted by Gasteiger charge is -2.09. The van der Waals surface area contributed by atoms with Gasteiger partial charge in [0.1, 0.15) is 11.3 Å². The van der Waals surface area contributed by atoms with Crippen molar-refractivity contribution in [2.75, 3.05) is 12.4 Å². The zero-order valence-corrected chi connectivity index (χ0v) is 12.8. The molecule has 1 amide bonds. The van der Waals surface area contributed by atoms with Gasteiger partial charge in [-0.2, -0.15) is 0 Å². The Kier molecular flexibility index (Phi) is 5.56. The van der Waals surface area contributed by atoms with Crippen LogP contribution in [0.25, 0.3) is 11.0 Å². The standard InChI is InChI=1S/C15H19ClFN3O/c1-2-9-18-14(21)7-10-20-12-5-3-4-11(17)15(12)19-13(20)6-8-16/h3-5H,2,6-10H2,1H3,(H,18,21). The Morgan fingerprint density at radius 1 is 1.48 bits per heavy atom. The smallest absolute Gasteiger partial charge is 0.221 e. The van der Waals surface area contributed by atoms with Crippen molar-refractivity contribution in [1.29, 1.82) is 0 Å². The zero-order chi connectivity index (χ0) is 15.2. The Labute approximate surface area is 128 Å². The van der Waals surface area contributed by atoms with Crippen molar-refractivity contribution >= 4 is 28.5 Å². The Bertz CT molecular complexity index is 627. The van der Waals surface area contributed by atoms with Crippen LogP contribution in [0.2, 0.25) is 0 Å². The summed E-state index contributed by atoms with van der Waals surface area (Å²) in [4.78, 5) is 16.0. The zero-order valence-electron chi connectivity index (χ0n) is 12.0. The van der Waals surface area contributed by atoms with Gasteiger partial charge in [0.15, 0.2) is 5.82 Å². The fourth-order valence-electron chi connectivity index (χ4n) is 2.25. The van der Waals surface area contributed by atoms with E-state index in [9.17, 15) is 9.18 Å². The van der Waals surface area contributed by atoms with Gasteiger partial charge in [-0.05, 0) is 18.6 Å². The van der Waals surface area contributed by atoms with Crippen molar-refractivity contribution in [3.05, 3.63) is 29.8 Å². The fourth-order valence-corrected chi connectivity index (χ4v) is 2.42. The monoisotopic (exact) mass is 311 g/mol. The Morgan fingerprint density at radius 3 is 3.00 bits per heavy atom. The molecule has 0 aliphatic carbocycles. The number of rotatable bonds is 7.